The van der Waals surface area contributed by atoms with Crippen molar-refractivity contribution in [3.8, 4) is 0 Å². The highest BCUT2D eigenvalue weighted by atomic mass is 32.1. The van der Waals surface area contributed by atoms with Gasteiger partial charge >= 0.3 is 0 Å². The van der Waals surface area contributed by atoms with Crippen LogP contribution in [0.3, 0.4) is 0 Å². The summed E-state index contributed by atoms with van der Waals surface area (Å²) in [6.07, 6.45) is 1.38. The molecule has 0 atom stereocenters. The second kappa shape index (κ2) is 4.23. The Morgan fingerprint density at radius 3 is 3.00 bits per heavy atom. The molecular weight excluding hydrogens is 228 g/mol. The molecule has 2 heterocycles. The average Bonchev–Trinajstić information content (AvgIpc) is 2.70. The molecule has 2 N–H and O–H groups in total. The molecular formula is C9H8N4O2S. The molecule has 0 radical (unpaired) electrons. The molecule has 0 aliphatic heterocycles. The van der Waals surface area contributed by atoms with Crippen molar-refractivity contribution < 1.29 is 4.79 Å². The van der Waals surface area contributed by atoms with Gasteiger partial charge < -0.3 is 4.98 Å². The number of nitrogens with zero attached hydrogens (tertiary/aromatic N) is 2. The molecule has 0 saturated heterocycles. The molecule has 2 aromatic heterocycles. The standard InChI is InChI=1S/C9H8N4O2S/c1-5-2-7(14)6(3-10-5)8(15)12-9-13-11-4-16-9/h2-4H,1H3,(H,10,14)(H,12,13,15). The minimum absolute atomic E-state index is 0.0563. The SMILES string of the molecule is Cc1cc(=O)c(C(=O)Nc2nncs2)c[nH]1. The lowest BCUT2D eigenvalue weighted by atomic mass is 10.2. The molecule has 0 bridgehead atoms. The first kappa shape index (κ1) is 10.5. The molecule has 16 heavy (non-hydrogen) atoms. The van der Waals surface area contributed by atoms with Gasteiger partial charge in [0.15, 0.2) is 5.43 Å². The summed E-state index contributed by atoms with van der Waals surface area (Å²) in [5.74, 6) is -0.488. The molecule has 0 saturated carbocycles. The number of carbonyl (C=O) groups excluding carboxylic acids is 1. The highest BCUT2D eigenvalue weighted by Gasteiger charge is 2.11. The predicted octanol–water partition coefficient (Wildman–Crippen LogP) is 0.787. The maximum absolute atomic E-state index is 11.7. The third-order valence-corrected chi connectivity index (χ3v) is 2.49. The summed E-state index contributed by atoms with van der Waals surface area (Å²) in [5.41, 5.74) is 1.94. The monoisotopic (exact) mass is 236 g/mol. The quantitative estimate of drug-likeness (QED) is 0.806. The van der Waals surface area contributed by atoms with Crippen LogP contribution in [0.25, 0.3) is 0 Å². The van der Waals surface area contributed by atoms with Crippen molar-refractivity contribution in [2.24, 2.45) is 0 Å². The van der Waals surface area contributed by atoms with Gasteiger partial charge in [-0.25, -0.2) is 0 Å². The Morgan fingerprint density at radius 1 is 1.56 bits per heavy atom. The minimum atomic E-state index is -0.488. The van der Waals surface area contributed by atoms with E-state index in [0.29, 0.717) is 10.8 Å². The second-order valence-electron chi connectivity index (χ2n) is 3.09. The number of hydrogen-bond acceptors (Lipinski definition) is 5. The molecule has 0 aliphatic rings. The van der Waals surface area contributed by atoms with Crippen LogP contribution in [0.15, 0.2) is 22.6 Å². The fourth-order valence-electron chi connectivity index (χ4n) is 1.14. The van der Waals surface area contributed by atoms with Gasteiger partial charge in [0.25, 0.3) is 5.91 Å². The van der Waals surface area contributed by atoms with Crippen molar-refractivity contribution in [1.29, 1.82) is 0 Å². The van der Waals surface area contributed by atoms with Crippen LogP contribution in [0.1, 0.15) is 16.1 Å². The normalized spacial score (nSPS) is 10.1. The zero-order valence-corrected chi connectivity index (χ0v) is 9.17. The zero-order valence-electron chi connectivity index (χ0n) is 8.35. The van der Waals surface area contributed by atoms with E-state index in [1.807, 2.05) is 0 Å². The zero-order chi connectivity index (χ0) is 11.5. The van der Waals surface area contributed by atoms with Crippen LogP contribution >= 0.6 is 11.3 Å². The number of carbonyl (C=O) groups is 1. The van der Waals surface area contributed by atoms with E-state index < -0.39 is 5.91 Å². The summed E-state index contributed by atoms with van der Waals surface area (Å²) in [6, 6.07) is 1.37. The number of anilines is 1. The molecule has 0 spiro atoms. The van der Waals surface area contributed by atoms with Crippen LogP contribution < -0.4 is 10.7 Å². The molecule has 2 aromatic rings. The maximum Gasteiger partial charge on any atom is 0.262 e. The Bertz CT molecular complexity index is 561. The third kappa shape index (κ3) is 2.14. The van der Waals surface area contributed by atoms with Gasteiger partial charge in [-0.3, -0.25) is 14.9 Å². The largest absolute Gasteiger partial charge is 0.364 e. The predicted molar refractivity (Wildman–Crippen MR) is 59.7 cm³/mol. The third-order valence-electron chi connectivity index (χ3n) is 1.88. The van der Waals surface area contributed by atoms with Gasteiger partial charge in [0.1, 0.15) is 11.1 Å². The summed E-state index contributed by atoms with van der Waals surface area (Å²) in [4.78, 5) is 26.0. The summed E-state index contributed by atoms with van der Waals surface area (Å²) in [6.45, 7) is 1.74. The first-order chi connectivity index (χ1) is 7.66. The van der Waals surface area contributed by atoms with E-state index in [-0.39, 0.29) is 11.0 Å². The highest BCUT2D eigenvalue weighted by molar-refractivity contribution is 7.13. The molecule has 0 aromatic carbocycles. The van der Waals surface area contributed by atoms with E-state index in [2.05, 4.69) is 20.5 Å². The molecule has 0 aliphatic carbocycles. The molecule has 0 unspecified atom stereocenters. The molecule has 1 amide bonds. The highest BCUT2D eigenvalue weighted by Crippen LogP contribution is 2.08. The van der Waals surface area contributed by atoms with E-state index in [4.69, 9.17) is 0 Å². The Morgan fingerprint density at radius 2 is 2.38 bits per heavy atom. The number of pyridine rings is 1. The van der Waals surface area contributed by atoms with Crippen molar-refractivity contribution in [3.05, 3.63) is 39.3 Å². The van der Waals surface area contributed by atoms with E-state index >= 15 is 0 Å². The summed E-state index contributed by atoms with van der Waals surface area (Å²) < 4.78 is 0. The van der Waals surface area contributed by atoms with Gasteiger partial charge in [0.2, 0.25) is 5.13 Å². The topological polar surface area (TPSA) is 87.7 Å². The summed E-state index contributed by atoms with van der Waals surface area (Å²) in [5, 5.41) is 10.1. The Balaban J connectivity index is 2.25. The first-order valence-corrected chi connectivity index (χ1v) is 5.31. The number of nitrogens with one attached hydrogen (secondary N) is 2. The van der Waals surface area contributed by atoms with Crippen LogP contribution in [0.4, 0.5) is 5.13 Å². The van der Waals surface area contributed by atoms with E-state index in [1.54, 1.807) is 6.92 Å². The molecule has 6 nitrogen and oxygen atoms in total. The second-order valence-corrected chi connectivity index (χ2v) is 3.93. The number of amides is 1. The van der Waals surface area contributed by atoms with Crippen molar-refractivity contribution in [2.45, 2.75) is 6.92 Å². The maximum atomic E-state index is 11.7. The van der Waals surface area contributed by atoms with Gasteiger partial charge in [0, 0.05) is 18.0 Å². The Kier molecular flexibility index (Phi) is 2.78. The van der Waals surface area contributed by atoms with Gasteiger partial charge in [-0.2, -0.15) is 0 Å². The lowest BCUT2D eigenvalue weighted by Gasteiger charge is -2.00. The van der Waals surface area contributed by atoms with Crippen molar-refractivity contribution in [3.63, 3.8) is 0 Å². The number of aromatic amines is 1. The van der Waals surface area contributed by atoms with Crippen molar-refractivity contribution in [1.82, 2.24) is 15.2 Å². The van der Waals surface area contributed by atoms with Crippen LogP contribution in [-0.4, -0.2) is 21.1 Å². The van der Waals surface area contributed by atoms with Gasteiger partial charge in [-0.1, -0.05) is 11.3 Å². The minimum Gasteiger partial charge on any atom is -0.364 e. The molecule has 0 fully saturated rings. The van der Waals surface area contributed by atoms with Gasteiger partial charge in [-0.15, -0.1) is 10.2 Å². The lowest BCUT2D eigenvalue weighted by molar-refractivity contribution is 0.102. The number of aromatic nitrogens is 3. The van der Waals surface area contributed by atoms with E-state index in [9.17, 15) is 9.59 Å². The molecule has 82 valence electrons. The average molecular weight is 236 g/mol. The lowest BCUT2D eigenvalue weighted by Crippen LogP contribution is -2.21. The van der Waals surface area contributed by atoms with E-state index in [0.717, 1.165) is 0 Å². The van der Waals surface area contributed by atoms with E-state index in [1.165, 1.54) is 29.1 Å². The van der Waals surface area contributed by atoms with Crippen LogP contribution in [0.5, 0.6) is 0 Å². The number of H-pyrrole nitrogens is 1. The van der Waals surface area contributed by atoms with Crippen LogP contribution in [-0.2, 0) is 0 Å². The smallest absolute Gasteiger partial charge is 0.262 e. The Hall–Kier alpha value is -2.02. The summed E-state index contributed by atoms with van der Waals surface area (Å²) >= 11 is 1.19. The fourth-order valence-corrected chi connectivity index (χ4v) is 1.58. The van der Waals surface area contributed by atoms with Crippen LogP contribution in [0, 0.1) is 6.92 Å². The number of rotatable bonds is 2. The first-order valence-electron chi connectivity index (χ1n) is 4.43. The molecule has 2 rings (SSSR count). The number of hydrogen-bond donors (Lipinski definition) is 2. The summed E-state index contributed by atoms with van der Waals surface area (Å²) in [7, 11) is 0. The van der Waals surface area contributed by atoms with Gasteiger partial charge in [-0.05, 0) is 6.92 Å². The Labute approximate surface area is 94.4 Å². The fraction of sp³-hybridized carbons (Fsp3) is 0.111. The number of aryl methyl sites for hydroxylation is 1. The van der Waals surface area contributed by atoms with Crippen molar-refractivity contribution in [2.75, 3.05) is 5.32 Å². The van der Waals surface area contributed by atoms with Crippen molar-refractivity contribution >= 4 is 22.4 Å². The van der Waals surface area contributed by atoms with Crippen LogP contribution in [0.2, 0.25) is 0 Å². The molecule has 7 heteroatoms. The van der Waals surface area contributed by atoms with Gasteiger partial charge in [0.05, 0.1) is 0 Å².